The molecule has 0 aliphatic carbocycles. The van der Waals surface area contributed by atoms with Crippen molar-refractivity contribution in [3.05, 3.63) is 29.0 Å². The number of sulfonamides is 1. The van der Waals surface area contributed by atoms with Crippen molar-refractivity contribution in [1.29, 1.82) is 0 Å². The van der Waals surface area contributed by atoms with E-state index in [4.69, 9.17) is 0 Å². The summed E-state index contributed by atoms with van der Waals surface area (Å²) in [5, 5.41) is 2.85. The average molecular weight is 491 g/mol. The topological polar surface area (TPSA) is 108 Å². The maximum absolute atomic E-state index is 13.3. The second kappa shape index (κ2) is 8.45. The molecule has 0 saturated heterocycles. The minimum atomic E-state index is -4.66. The molecule has 2 N–H and O–H groups in total. The highest BCUT2D eigenvalue weighted by atomic mass is 32.2. The van der Waals surface area contributed by atoms with Crippen LogP contribution in [0.5, 0.6) is 0 Å². The molecule has 1 unspecified atom stereocenters. The molecular weight excluding hydrogens is 469 g/mol. The van der Waals surface area contributed by atoms with Crippen LogP contribution >= 0.6 is 11.3 Å². The molecule has 0 bridgehead atoms. The van der Waals surface area contributed by atoms with Crippen molar-refractivity contribution in [2.75, 3.05) is 11.9 Å². The number of alkyl halides is 3. The van der Waals surface area contributed by atoms with E-state index in [-0.39, 0.29) is 35.0 Å². The Morgan fingerprint density at radius 2 is 2.00 bits per heavy atom. The van der Waals surface area contributed by atoms with E-state index in [9.17, 15) is 31.2 Å². The lowest BCUT2D eigenvalue weighted by Crippen LogP contribution is -2.43. The van der Waals surface area contributed by atoms with E-state index in [1.165, 1.54) is 19.1 Å². The largest absolute Gasteiger partial charge is 0.408 e. The van der Waals surface area contributed by atoms with E-state index in [0.29, 0.717) is 26.2 Å². The lowest BCUT2D eigenvalue weighted by molar-refractivity contribution is -0.172. The number of hydrogen-bond donors (Lipinski definition) is 2. The van der Waals surface area contributed by atoms with Crippen LogP contribution in [0.1, 0.15) is 42.4 Å². The third-order valence-corrected chi connectivity index (χ3v) is 7.60. The molecule has 0 spiro atoms. The Morgan fingerprint density at radius 3 is 2.56 bits per heavy atom. The fourth-order valence-electron chi connectivity index (χ4n) is 3.41. The predicted octanol–water partition coefficient (Wildman–Crippen LogP) is 3.28. The van der Waals surface area contributed by atoms with Crippen molar-refractivity contribution in [2.24, 2.45) is 0 Å². The number of nitrogens with one attached hydrogen (secondary N) is 2. The molecule has 13 heteroatoms. The second-order valence-electron chi connectivity index (χ2n) is 7.28. The van der Waals surface area contributed by atoms with Crippen LogP contribution in [0, 0.1) is 6.92 Å². The number of hydrogen-bond acceptors (Lipinski definition) is 6. The highest BCUT2D eigenvalue weighted by Gasteiger charge is 2.46. The standard InChI is InChI=1S/C19H21F3N4O4S2/c1-5-23-32(29,30)14-7-12(16-9(2)24-18(31-16)25-11(4)27)6-13-8-26(17(28)15(13)14)10(3)19(20,21)22/h6-7,10,23H,5,8H2,1-4H3,(H,24,25,27). The Labute approximate surface area is 186 Å². The predicted molar refractivity (Wildman–Crippen MR) is 113 cm³/mol. The van der Waals surface area contributed by atoms with E-state index in [1.807, 2.05) is 0 Å². The zero-order valence-electron chi connectivity index (χ0n) is 17.6. The first-order valence-corrected chi connectivity index (χ1v) is 11.9. The van der Waals surface area contributed by atoms with Crippen LogP contribution in [0.4, 0.5) is 18.3 Å². The van der Waals surface area contributed by atoms with Gasteiger partial charge in [0.25, 0.3) is 5.91 Å². The van der Waals surface area contributed by atoms with Crippen molar-refractivity contribution in [3.63, 3.8) is 0 Å². The number of halogens is 3. The molecule has 1 aromatic carbocycles. The summed E-state index contributed by atoms with van der Waals surface area (Å²) < 4.78 is 67.9. The Bertz CT molecular complexity index is 1190. The van der Waals surface area contributed by atoms with Gasteiger partial charge < -0.3 is 10.2 Å². The summed E-state index contributed by atoms with van der Waals surface area (Å²) >= 11 is 1.09. The molecule has 2 amide bonds. The molecule has 3 rings (SSSR count). The molecule has 0 fully saturated rings. The normalized spacial score (nSPS) is 15.1. The van der Waals surface area contributed by atoms with E-state index in [2.05, 4.69) is 15.0 Å². The number of amides is 2. The lowest BCUT2D eigenvalue weighted by atomic mass is 10.0. The fourth-order valence-corrected chi connectivity index (χ4v) is 5.71. The number of fused-ring (bicyclic) bond motifs is 1. The minimum Gasteiger partial charge on any atom is -0.322 e. The molecule has 174 valence electrons. The number of anilines is 1. The second-order valence-corrected chi connectivity index (χ2v) is 10.0. The van der Waals surface area contributed by atoms with Crippen molar-refractivity contribution in [1.82, 2.24) is 14.6 Å². The summed E-state index contributed by atoms with van der Waals surface area (Å²) in [7, 11) is -4.17. The number of aromatic nitrogens is 1. The van der Waals surface area contributed by atoms with Crippen LogP contribution in [0.3, 0.4) is 0 Å². The van der Waals surface area contributed by atoms with Gasteiger partial charge in [-0.1, -0.05) is 18.3 Å². The number of aryl methyl sites for hydroxylation is 1. The molecule has 32 heavy (non-hydrogen) atoms. The number of benzene rings is 1. The van der Waals surface area contributed by atoms with E-state index in [1.54, 1.807) is 13.8 Å². The highest BCUT2D eigenvalue weighted by Crippen LogP contribution is 2.40. The van der Waals surface area contributed by atoms with Gasteiger partial charge in [0.2, 0.25) is 15.9 Å². The van der Waals surface area contributed by atoms with Gasteiger partial charge in [-0.15, -0.1) is 0 Å². The molecule has 1 atom stereocenters. The lowest BCUT2D eigenvalue weighted by Gasteiger charge is -2.26. The van der Waals surface area contributed by atoms with Crippen molar-refractivity contribution < 1.29 is 31.2 Å². The third-order valence-electron chi connectivity index (χ3n) is 4.91. The molecule has 1 aliphatic rings. The van der Waals surface area contributed by atoms with Crippen molar-refractivity contribution >= 4 is 38.3 Å². The van der Waals surface area contributed by atoms with Crippen molar-refractivity contribution in [2.45, 2.75) is 51.4 Å². The van der Waals surface area contributed by atoms with Gasteiger partial charge in [-0.2, -0.15) is 13.2 Å². The summed E-state index contributed by atoms with van der Waals surface area (Å²) in [6.45, 7) is 5.03. The summed E-state index contributed by atoms with van der Waals surface area (Å²) in [6, 6.07) is 0.672. The number of carbonyl (C=O) groups is 2. The molecule has 1 aliphatic heterocycles. The monoisotopic (exact) mass is 490 g/mol. The van der Waals surface area contributed by atoms with Crippen LogP contribution in [-0.2, 0) is 21.4 Å². The van der Waals surface area contributed by atoms with Gasteiger partial charge in [-0.25, -0.2) is 18.1 Å². The van der Waals surface area contributed by atoms with Gasteiger partial charge in [0.15, 0.2) is 5.13 Å². The van der Waals surface area contributed by atoms with Crippen LogP contribution < -0.4 is 10.0 Å². The van der Waals surface area contributed by atoms with Gasteiger partial charge >= 0.3 is 6.18 Å². The quantitative estimate of drug-likeness (QED) is 0.646. The first kappa shape index (κ1) is 24.1. The number of nitrogens with zero attached hydrogens (tertiary/aromatic N) is 2. The first-order valence-electron chi connectivity index (χ1n) is 9.56. The van der Waals surface area contributed by atoms with Gasteiger partial charge in [-0.3, -0.25) is 9.59 Å². The molecule has 1 aromatic heterocycles. The Morgan fingerprint density at radius 1 is 1.34 bits per heavy atom. The van der Waals surface area contributed by atoms with Crippen LogP contribution in [0.2, 0.25) is 0 Å². The van der Waals surface area contributed by atoms with Gasteiger partial charge in [0.05, 0.1) is 21.0 Å². The summed E-state index contributed by atoms with van der Waals surface area (Å²) in [5.74, 6) is -1.33. The first-order chi connectivity index (χ1) is 14.8. The smallest absolute Gasteiger partial charge is 0.322 e. The third kappa shape index (κ3) is 4.50. The molecule has 0 saturated carbocycles. The molecule has 2 heterocycles. The molecule has 2 aromatic rings. The molecule has 0 radical (unpaired) electrons. The van der Waals surface area contributed by atoms with Crippen LogP contribution in [-0.4, -0.2) is 48.9 Å². The number of thiazole rings is 1. The van der Waals surface area contributed by atoms with Crippen LogP contribution in [0.15, 0.2) is 17.0 Å². The molecular formula is C19H21F3N4O4S2. The Balaban J connectivity index is 2.19. The van der Waals surface area contributed by atoms with E-state index >= 15 is 0 Å². The van der Waals surface area contributed by atoms with Crippen LogP contribution in [0.25, 0.3) is 10.4 Å². The minimum absolute atomic E-state index is 0.0322. The Kier molecular flexibility index (Phi) is 6.37. The average Bonchev–Trinajstić information content (AvgIpc) is 3.18. The van der Waals surface area contributed by atoms with E-state index in [0.717, 1.165) is 18.3 Å². The zero-order valence-corrected chi connectivity index (χ0v) is 19.3. The Hall–Kier alpha value is -2.51. The SMILES string of the molecule is CCNS(=O)(=O)c1cc(-c2sc(NC(C)=O)nc2C)cc2c1C(=O)N(C(C)C(F)(F)F)C2. The van der Waals surface area contributed by atoms with Gasteiger partial charge in [0, 0.05) is 20.0 Å². The maximum atomic E-state index is 13.3. The number of carbonyl (C=O) groups excluding carboxylic acids is 2. The van der Waals surface area contributed by atoms with Gasteiger partial charge in [0.1, 0.15) is 6.04 Å². The summed E-state index contributed by atoms with van der Waals surface area (Å²) in [5.41, 5.74) is 0.778. The van der Waals surface area contributed by atoms with Gasteiger partial charge in [-0.05, 0) is 37.1 Å². The zero-order chi connectivity index (χ0) is 24.0. The van der Waals surface area contributed by atoms with Crippen molar-refractivity contribution in [3.8, 4) is 10.4 Å². The number of rotatable bonds is 6. The summed E-state index contributed by atoms with van der Waals surface area (Å²) in [6.07, 6.45) is -4.66. The molecule has 8 nitrogen and oxygen atoms in total. The highest BCUT2D eigenvalue weighted by molar-refractivity contribution is 7.89. The maximum Gasteiger partial charge on any atom is 0.408 e. The van der Waals surface area contributed by atoms with E-state index < -0.39 is 28.1 Å². The summed E-state index contributed by atoms with van der Waals surface area (Å²) in [4.78, 5) is 29.2. The fraction of sp³-hybridized carbons (Fsp3) is 0.421.